The van der Waals surface area contributed by atoms with Gasteiger partial charge in [-0.15, -0.1) is 0 Å². The van der Waals surface area contributed by atoms with E-state index in [0.717, 1.165) is 6.92 Å². The summed E-state index contributed by atoms with van der Waals surface area (Å²) in [7, 11) is -9.98. The van der Waals surface area contributed by atoms with Crippen molar-refractivity contribution in [3.8, 4) is 0 Å². The van der Waals surface area contributed by atoms with Crippen LogP contribution in [0.5, 0.6) is 0 Å². The van der Waals surface area contributed by atoms with Crippen molar-refractivity contribution < 1.29 is 52.0 Å². The van der Waals surface area contributed by atoms with Gasteiger partial charge in [-0.25, -0.2) is 15.0 Å². The third-order valence-electron chi connectivity index (χ3n) is 7.04. The zero-order valence-corrected chi connectivity index (χ0v) is 26.9. The maximum atomic E-state index is 12.7. The molecular weight excluding hydrogens is 674 g/mol. The molecule has 1 amide bonds. The first kappa shape index (κ1) is 34.9. The summed E-state index contributed by atoms with van der Waals surface area (Å²) in [5.74, 6) is -2.41. The van der Waals surface area contributed by atoms with Gasteiger partial charge in [0.05, 0.1) is 30.4 Å². The standard InChI is InChI=1S/C28H30N6O12P2/c1-18(35)45-22-13-24(33-16-31-25-26(29-15-30-27(25)33)32-28(36)20-5-3-2-4-6-20)46-23(22)14-44-48(41,42)17-47(39,40)43-12-11-19-7-9-21(10-8-19)34(37)38/h2-10,15-16,22-24H,11-14,17H2,1H3,(H,39,40)(H,41,42)(H,29,30,32,36)/p-2/t22-,23+,24+/m0/s1. The Labute approximate surface area is 272 Å². The minimum Gasteiger partial charge on any atom is -0.778 e. The molecule has 0 bridgehead atoms. The number of rotatable bonds is 14. The van der Waals surface area contributed by atoms with Crippen LogP contribution in [0.15, 0.2) is 67.3 Å². The zero-order valence-electron chi connectivity index (χ0n) is 25.1. The number of anilines is 1. The molecule has 4 aromatic rings. The first-order chi connectivity index (χ1) is 22.8. The number of carbonyl (C=O) groups is 2. The second-order valence-electron chi connectivity index (χ2n) is 10.5. The minimum absolute atomic E-state index is 0.0315. The monoisotopic (exact) mass is 702 g/mol. The Kier molecular flexibility index (Phi) is 10.8. The van der Waals surface area contributed by atoms with Crippen LogP contribution in [-0.4, -0.2) is 67.6 Å². The highest BCUT2D eigenvalue weighted by atomic mass is 31.2. The average Bonchev–Trinajstić information content (AvgIpc) is 3.64. The van der Waals surface area contributed by atoms with Crippen molar-refractivity contribution in [2.75, 3.05) is 24.4 Å². The lowest BCUT2D eigenvalue weighted by atomic mass is 10.1. The van der Waals surface area contributed by atoms with Crippen LogP contribution in [-0.2, 0) is 38.9 Å². The van der Waals surface area contributed by atoms with E-state index in [-0.39, 0.29) is 35.5 Å². The summed E-state index contributed by atoms with van der Waals surface area (Å²) in [4.78, 5) is 72.4. The second kappa shape index (κ2) is 14.8. The van der Waals surface area contributed by atoms with Gasteiger partial charge in [-0.05, 0) is 24.1 Å². The van der Waals surface area contributed by atoms with E-state index in [4.69, 9.17) is 18.5 Å². The van der Waals surface area contributed by atoms with E-state index < -0.39 is 69.5 Å². The topological polar surface area (TPSA) is 250 Å². The average molecular weight is 703 g/mol. The number of esters is 1. The number of amides is 1. The molecule has 0 radical (unpaired) electrons. The highest BCUT2D eigenvalue weighted by Gasteiger charge is 2.40. The Bertz CT molecular complexity index is 1890. The maximum absolute atomic E-state index is 12.7. The number of fused-ring (bicyclic) bond motifs is 1. The van der Waals surface area contributed by atoms with Crippen LogP contribution in [0.25, 0.3) is 11.2 Å². The van der Waals surface area contributed by atoms with Crippen molar-refractivity contribution in [2.24, 2.45) is 0 Å². The zero-order chi connectivity index (χ0) is 34.5. The molecule has 2 aromatic heterocycles. The van der Waals surface area contributed by atoms with E-state index in [1.165, 1.54) is 41.5 Å². The van der Waals surface area contributed by atoms with Gasteiger partial charge in [0.1, 0.15) is 40.0 Å². The van der Waals surface area contributed by atoms with Gasteiger partial charge in [0.25, 0.3) is 11.6 Å². The molecule has 2 aromatic carbocycles. The van der Waals surface area contributed by atoms with Gasteiger partial charge in [0, 0.05) is 31.0 Å². The molecule has 5 rings (SSSR count). The molecule has 1 saturated heterocycles. The van der Waals surface area contributed by atoms with E-state index in [1.54, 1.807) is 30.3 Å². The number of hydrogen-bond donors (Lipinski definition) is 1. The lowest BCUT2D eigenvalue weighted by Crippen LogP contribution is -2.31. The Morgan fingerprint density at radius 2 is 1.75 bits per heavy atom. The normalized spacial score (nSPS) is 20.1. The third kappa shape index (κ3) is 8.93. The summed E-state index contributed by atoms with van der Waals surface area (Å²) in [6.45, 7) is 0.0750. The maximum Gasteiger partial charge on any atom is 0.302 e. The molecule has 18 nitrogen and oxygen atoms in total. The van der Waals surface area contributed by atoms with Gasteiger partial charge < -0.3 is 42.8 Å². The van der Waals surface area contributed by atoms with Crippen LogP contribution >= 0.6 is 15.2 Å². The predicted octanol–water partition coefficient (Wildman–Crippen LogP) is 2.55. The van der Waals surface area contributed by atoms with Crippen LogP contribution in [0.4, 0.5) is 11.5 Å². The van der Waals surface area contributed by atoms with Crippen LogP contribution in [0.1, 0.15) is 35.5 Å². The van der Waals surface area contributed by atoms with Crippen molar-refractivity contribution in [3.05, 3.63) is 88.5 Å². The smallest absolute Gasteiger partial charge is 0.302 e. The molecule has 3 heterocycles. The number of nitro benzene ring substituents is 1. The molecule has 20 heteroatoms. The summed E-state index contributed by atoms with van der Waals surface area (Å²) in [6, 6.07) is 13.8. The molecule has 1 aliphatic rings. The lowest BCUT2D eigenvalue weighted by Gasteiger charge is -2.32. The van der Waals surface area contributed by atoms with Crippen molar-refractivity contribution in [2.45, 2.75) is 38.2 Å². The van der Waals surface area contributed by atoms with Gasteiger partial charge in [-0.3, -0.25) is 24.3 Å². The van der Waals surface area contributed by atoms with Crippen molar-refractivity contribution >= 4 is 49.7 Å². The number of aromatic nitrogens is 4. The first-order valence-corrected chi connectivity index (χ1v) is 17.7. The van der Waals surface area contributed by atoms with E-state index >= 15 is 0 Å². The Balaban J connectivity index is 1.20. The summed E-state index contributed by atoms with van der Waals surface area (Å²) in [6.07, 6.45) is -0.332. The SMILES string of the molecule is CC(=O)O[C@H]1C[C@H](n2cnc3c(NC(=O)c4ccccc4)ncnc32)O[C@@H]1COP(=O)([O-])CP(=O)([O-])OCCc1ccc([N+](=O)[O-])cc1. The largest absolute Gasteiger partial charge is 0.778 e. The van der Waals surface area contributed by atoms with Crippen LogP contribution in [0, 0.1) is 10.1 Å². The predicted molar refractivity (Wildman–Crippen MR) is 163 cm³/mol. The van der Waals surface area contributed by atoms with Crippen LogP contribution < -0.4 is 15.1 Å². The van der Waals surface area contributed by atoms with Crippen molar-refractivity contribution in [3.63, 3.8) is 0 Å². The summed E-state index contributed by atoms with van der Waals surface area (Å²) in [5, 5.41) is 13.5. The number of non-ortho nitro benzene ring substituents is 1. The summed E-state index contributed by atoms with van der Waals surface area (Å²) < 4.78 is 47.7. The molecule has 48 heavy (non-hydrogen) atoms. The molecule has 0 aliphatic carbocycles. The highest BCUT2D eigenvalue weighted by Crippen LogP contribution is 2.53. The van der Waals surface area contributed by atoms with E-state index in [1.807, 2.05) is 0 Å². The Hall–Kier alpha value is -4.41. The first-order valence-electron chi connectivity index (χ1n) is 14.3. The van der Waals surface area contributed by atoms with Gasteiger partial charge in [0.2, 0.25) is 0 Å². The molecule has 1 fully saturated rings. The van der Waals surface area contributed by atoms with Gasteiger partial charge in [-0.1, -0.05) is 30.3 Å². The molecule has 1 N–H and O–H groups in total. The molecule has 0 saturated carbocycles. The van der Waals surface area contributed by atoms with E-state index in [9.17, 15) is 38.6 Å². The molecule has 2 unspecified atom stereocenters. The molecule has 0 spiro atoms. The summed E-state index contributed by atoms with van der Waals surface area (Å²) in [5.41, 5.74) is 1.29. The lowest BCUT2D eigenvalue weighted by molar-refractivity contribution is -0.384. The Morgan fingerprint density at radius 1 is 1.04 bits per heavy atom. The number of nitrogens with one attached hydrogen (secondary N) is 1. The second-order valence-corrected chi connectivity index (χ2v) is 14.6. The number of carbonyl (C=O) groups excluding carboxylic acids is 2. The molecule has 254 valence electrons. The van der Waals surface area contributed by atoms with Crippen LogP contribution in [0.2, 0.25) is 0 Å². The van der Waals surface area contributed by atoms with Gasteiger partial charge in [0.15, 0.2) is 17.0 Å². The minimum atomic E-state index is -5.05. The van der Waals surface area contributed by atoms with Crippen molar-refractivity contribution in [1.29, 1.82) is 0 Å². The van der Waals surface area contributed by atoms with Crippen molar-refractivity contribution in [1.82, 2.24) is 19.5 Å². The van der Waals surface area contributed by atoms with Crippen LogP contribution in [0.3, 0.4) is 0 Å². The summed E-state index contributed by atoms with van der Waals surface area (Å²) >= 11 is 0. The molecule has 1 aliphatic heterocycles. The number of nitrogens with zero attached hydrogens (tertiary/aromatic N) is 5. The molecular formula is C28H28N6O12P2-2. The molecule has 5 atom stereocenters. The Morgan fingerprint density at radius 3 is 2.44 bits per heavy atom. The van der Waals surface area contributed by atoms with E-state index in [0.29, 0.717) is 11.1 Å². The number of nitro groups is 1. The quantitative estimate of drug-likeness (QED) is 0.0858. The third-order valence-corrected chi connectivity index (χ3v) is 10.9. The number of imidazole rings is 1. The van der Waals surface area contributed by atoms with Gasteiger partial charge >= 0.3 is 5.97 Å². The number of hydrogen-bond acceptors (Lipinski definition) is 15. The number of benzene rings is 2. The van der Waals surface area contributed by atoms with Gasteiger partial charge in [-0.2, -0.15) is 0 Å². The fraction of sp³-hybridized carbons (Fsp3) is 0.321. The number of ether oxygens (including phenoxy) is 2. The fourth-order valence-electron chi connectivity index (χ4n) is 4.85. The van der Waals surface area contributed by atoms with E-state index in [2.05, 4.69) is 20.3 Å². The fourth-order valence-corrected chi connectivity index (χ4v) is 7.94. The highest BCUT2D eigenvalue weighted by molar-refractivity contribution is 7.69.